The summed E-state index contributed by atoms with van der Waals surface area (Å²) in [6, 6.07) is 12.4. The maximum absolute atomic E-state index is 12.4. The van der Waals surface area contributed by atoms with E-state index in [1.807, 2.05) is 30.3 Å². The van der Waals surface area contributed by atoms with Gasteiger partial charge in [-0.1, -0.05) is 30.3 Å². The summed E-state index contributed by atoms with van der Waals surface area (Å²) in [5.41, 5.74) is 0.722. The number of carbonyl (C=O) groups is 1. The Balaban J connectivity index is 1.51. The van der Waals surface area contributed by atoms with Crippen LogP contribution in [-0.2, 0) is 11.3 Å². The lowest BCUT2D eigenvalue weighted by molar-refractivity contribution is -0.385. The Morgan fingerprint density at radius 2 is 1.85 bits per heavy atom. The monoisotopic (exact) mass is 372 g/mol. The summed E-state index contributed by atoms with van der Waals surface area (Å²) in [4.78, 5) is 23.0. The van der Waals surface area contributed by atoms with E-state index in [-0.39, 0.29) is 17.0 Å². The van der Waals surface area contributed by atoms with Gasteiger partial charge in [0, 0.05) is 19.2 Å². The summed E-state index contributed by atoms with van der Waals surface area (Å²) in [5, 5.41) is 14.0. The van der Waals surface area contributed by atoms with Crippen LogP contribution in [0.1, 0.15) is 22.3 Å². The summed E-state index contributed by atoms with van der Waals surface area (Å²) < 4.78 is 16.3. The number of nitro groups is 1. The third-order valence-corrected chi connectivity index (χ3v) is 3.96. The Labute approximate surface area is 156 Å². The van der Waals surface area contributed by atoms with Crippen molar-refractivity contribution in [3.8, 4) is 11.5 Å². The lowest BCUT2D eigenvalue weighted by Crippen LogP contribution is -2.26. The van der Waals surface area contributed by atoms with Gasteiger partial charge in [-0.05, 0) is 12.0 Å². The molecule has 2 aromatic rings. The number of ether oxygens (including phenoxy) is 3. The first kappa shape index (κ1) is 18.7. The lowest BCUT2D eigenvalue weighted by Gasteiger charge is -2.18. The number of fused-ring (bicyclic) bond motifs is 1. The second kappa shape index (κ2) is 9.00. The predicted molar refractivity (Wildman–Crippen MR) is 97.1 cm³/mol. The summed E-state index contributed by atoms with van der Waals surface area (Å²) in [5.74, 6) is 0.0868. The van der Waals surface area contributed by atoms with Crippen LogP contribution < -0.4 is 14.8 Å². The highest BCUT2D eigenvalue weighted by Crippen LogP contribution is 2.36. The number of benzene rings is 2. The molecule has 0 atom stereocenters. The highest BCUT2D eigenvalue weighted by molar-refractivity contribution is 5.99. The maximum atomic E-state index is 12.4. The van der Waals surface area contributed by atoms with Crippen LogP contribution in [0.2, 0.25) is 0 Å². The van der Waals surface area contributed by atoms with Gasteiger partial charge in [0.2, 0.25) is 0 Å². The van der Waals surface area contributed by atoms with Crippen LogP contribution in [0.15, 0.2) is 42.5 Å². The van der Waals surface area contributed by atoms with E-state index in [0.29, 0.717) is 45.1 Å². The van der Waals surface area contributed by atoms with Gasteiger partial charge >= 0.3 is 0 Å². The van der Waals surface area contributed by atoms with Gasteiger partial charge in [-0.3, -0.25) is 14.9 Å². The molecule has 8 heteroatoms. The van der Waals surface area contributed by atoms with Crippen LogP contribution in [0.25, 0.3) is 0 Å². The first-order chi connectivity index (χ1) is 13.1. The van der Waals surface area contributed by atoms with Gasteiger partial charge in [0.15, 0.2) is 11.5 Å². The Morgan fingerprint density at radius 3 is 2.56 bits per heavy atom. The molecule has 27 heavy (non-hydrogen) atoms. The highest BCUT2D eigenvalue weighted by atomic mass is 16.6. The van der Waals surface area contributed by atoms with Gasteiger partial charge in [0.1, 0.15) is 18.8 Å². The molecule has 3 rings (SSSR count). The highest BCUT2D eigenvalue weighted by Gasteiger charge is 2.26. The number of carbonyl (C=O) groups excluding carboxylic acids is 1. The second-order valence-corrected chi connectivity index (χ2v) is 5.92. The van der Waals surface area contributed by atoms with E-state index in [0.717, 1.165) is 5.56 Å². The molecule has 1 heterocycles. The molecule has 1 N–H and O–H groups in total. The average molecular weight is 372 g/mol. The number of hydrogen-bond acceptors (Lipinski definition) is 6. The summed E-state index contributed by atoms with van der Waals surface area (Å²) >= 11 is 0. The molecule has 0 bridgehead atoms. The van der Waals surface area contributed by atoms with E-state index in [1.165, 1.54) is 12.1 Å². The van der Waals surface area contributed by atoms with Gasteiger partial charge in [-0.2, -0.15) is 0 Å². The normalized spacial score (nSPS) is 12.4. The standard InChI is InChI=1S/C19H20N2O6/c22-19(20-7-4-8-25-13-14-5-2-1-3-6-14)15-11-17-18(27-10-9-26-17)12-16(15)21(23)24/h1-3,5-6,11-12H,4,7-10,13H2,(H,20,22). The number of amides is 1. The summed E-state index contributed by atoms with van der Waals surface area (Å²) in [6.07, 6.45) is 0.594. The third kappa shape index (κ3) is 4.95. The molecule has 8 nitrogen and oxygen atoms in total. The molecule has 1 amide bonds. The van der Waals surface area contributed by atoms with E-state index in [4.69, 9.17) is 14.2 Å². The maximum Gasteiger partial charge on any atom is 0.286 e. The van der Waals surface area contributed by atoms with Crippen molar-refractivity contribution in [1.29, 1.82) is 0 Å². The minimum Gasteiger partial charge on any atom is -0.486 e. The third-order valence-electron chi connectivity index (χ3n) is 3.96. The summed E-state index contributed by atoms with van der Waals surface area (Å²) in [7, 11) is 0. The molecule has 0 spiro atoms. The minimum atomic E-state index is -0.601. The van der Waals surface area contributed by atoms with Crippen LogP contribution in [0.5, 0.6) is 11.5 Å². The topological polar surface area (TPSA) is 99.9 Å². The lowest BCUT2D eigenvalue weighted by atomic mass is 10.1. The van der Waals surface area contributed by atoms with Crippen LogP contribution in [0.3, 0.4) is 0 Å². The smallest absolute Gasteiger partial charge is 0.286 e. The van der Waals surface area contributed by atoms with Crippen molar-refractivity contribution >= 4 is 11.6 Å². The molecule has 2 aromatic carbocycles. The van der Waals surface area contributed by atoms with Crippen molar-refractivity contribution < 1.29 is 23.9 Å². The summed E-state index contributed by atoms with van der Waals surface area (Å²) in [6.45, 7) is 1.98. The largest absolute Gasteiger partial charge is 0.486 e. The molecule has 142 valence electrons. The molecular weight excluding hydrogens is 352 g/mol. The fourth-order valence-electron chi connectivity index (χ4n) is 2.65. The number of nitrogens with zero attached hydrogens (tertiary/aromatic N) is 1. The zero-order valence-corrected chi connectivity index (χ0v) is 14.7. The molecule has 0 saturated carbocycles. The van der Waals surface area contributed by atoms with Crippen molar-refractivity contribution in [3.63, 3.8) is 0 Å². The number of hydrogen-bond donors (Lipinski definition) is 1. The van der Waals surface area contributed by atoms with E-state index in [1.54, 1.807) is 0 Å². The minimum absolute atomic E-state index is 0.0468. The van der Waals surface area contributed by atoms with Crippen molar-refractivity contribution in [2.24, 2.45) is 0 Å². The Hall–Kier alpha value is -3.13. The first-order valence-electron chi connectivity index (χ1n) is 8.63. The predicted octanol–water partition coefficient (Wildman–Crippen LogP) is 2.70. The molecule has 1 aliphatic rings. The quantitative estimate of drug-likeness (QED) is 0.434. The van der Waals surface area contributed by atoms with Gasteiger partial charge in [0.25, 0.3) is 11.6 Å². The van der Waals surface area contributed by atoms with E-state index < -0.39 is 10.8 Å². The van der Waals surface area contributed by atoms with Gasteiger partial charge in [0.05, 0.1) is 17.6 Å². The van der Waals surface area contributed by atoms with Gasteiger partial charge < -0.3 is 19.5 Å². The van der Waals surface area contributed by atoms with Crippen LogP contribution in [0, 0.1) is 10.1 Å². The average Bonchev–Trinajstić information content (AvgIpc) is 2.70. The van der Waals surface area contributed by atoms with E-state index >= 15 is 0 Å². The second-order valence-electron chi connectivity index (χ2n) is 5.92. The first-order valence-corrected chi connectivity index (χ1v) is 8.63. The van der Waals surface area contributed by atoms with Crippen LogP contribution >= 0.6 is 0 Å². The molecule has 0 radical (unpaired) electrons. The number of rotatable bonds is 8. The molecular formula is C19H20N2O6. The van der Waals surface area contributed by atoms with E-state index in [9.17, 15) is 14.9 Å². The molecule has 0 saturated heterocycles. The van der Waals surface area contributed by atoms with Crippen LogP contribution in [0.4, 0.5) is 5.69 Å². The Bertz CT molecular complexity index is 809. The molecule has 0 unspecified atom stereocenters. The SMILES string of the molecule is O=C(NCCCOCc1ccccc1)c1cc2c(cc1[N+](=O)[O-])OCCO2. The Kier molecular flexibility index (Phi) is 6.22. The molecule has 0 aromatic heterocycles. The van der Waals surface area contributed by atoms with Crippen molar-refractivity contribution in [2.45, 2.75) is 13.0 Å². The van der Waals surface area contributed by atoms with Crippen LogP contribution in [-0.4, -0.2) is 37.2 Å². The number of nitrogens with one attached hydrogen (secondary N) is 1. The zero-order chi connectivity index (χ0) is 19.1. The molecule has 0 fully saturated rings. The number of nitro benzene ring substituents is 1. The fourth-order valence-corrected chi connectivity index (χ4v) is 2.65. The van der Waals surface area contributed by atoms with Crippen molar-refractivity contribution in [3.05, 3.63) is 63.7 Å². The van der Waals surface area contributed by atoms with Gasteiger partial charge in [-0.25, -0.2) is 0 Å². The van der Waals surface area contributed by atoms with Crippen molar-refractivity contribution in [2.75, 3.05) is 26.4 Å². The molecule has 0 aliphatic carbocycles. The Morgan fingerprint density at radius 1 is 1.15 bits per heavy atom. The fraction of sp³-hybridized carbons (Fsp3) is 0.316. The van der Waals surface area contributed by atoms with Gasteiger partial charge in [-0.15, -0.1) is 0 Å². The van der Waals surface area contributed by atoms with Crippen molar-refractivity contribution in [1.82, 2.24) is 5.32 Å². The zero-order valence-electron chi connectivity index (χ0n) is 14.7. The van der Waals surface area contributed by atoms with E-state index in [2.05, 4.69) is 5.32 Å². The molecule has 1 aliphatic heterocycles.